The van der Waals surface area contributed by atoms with Gasteiger partial charge in [-0.15, -0.1) is 0 Å². The van der Waals surface area contributed by atoms with Gasteiger partial charge >= 0.3 is 12.1 Å². The van der Waals surface area contributed by atoms with Crippen molar-refractivity contribution in [2.75, 3.05) is 7.11 Å². The van der Waals surface area contributed by atoms with Crippen LogP contribution in [0.5, 0.6) is 0 Å². The molecule has 1 aromatic carbocycles. The van der Waals surface area contributed by atoms with Crippen molar-refractivity contribution in [1.82, 2.24) is 5.32 Å². The van der Waals surface area contributed by atoms with Crippen LogP contribution >= 0.6 is 0 Å². The fourth-order valence-corrected chi connectivity index (χ4v) is 1.44. The SMILES string of the molecule is COC(=O)C(NC(=O)CC(F)(F)F)c1ccccc1. The molecule has 7 heteroatoms. The van der Waals surface area contributed by atoms with Crippen LogP contribution in [-0.2, 0) is 14.3 Å². The number of ether oxygens (including phenoxy) is 1. The summed E-state index contributed by atoms with van der Waals surface area (Å²) < 4.78 is 40.7. The van der Waals surface area contributed by atoms with E-state index in [-0.39, 0.29) is 0 Å². The van der Waals surface area contributed by atoms with Gasteiger partial charge in [0, 0.05) is 0 Å². The molecule has 1 aromatic rings. The smallest absolute Gasteiger partial charge is 0.397 e. The van der Waals surface area contributed by atoms with Crippen molar-refractivity contribution in [2.45, 2.75) is 18.6 Å². The number of hydrogen-bond acceptors (Lipinski definition) is 3. The molecule has 0 aliphatic rings. The number of esters is 1. The second-order valence-electron chi connectivity index (χ2n) is 3.73. The molecular formula is C12H12F3NO3. The average Bonchev–Trinajstić information content (AvgIpc) is 2.34. The number of hydrogen-bond donors (Lipinski definition) is 1. The summed E-state index contributed by atoms with van der Waals surface area (Å²) in [5.74, 6) is -2.12. The van der Waals surface area contributed by atoms with Gasteiger partial charge in [-0.1, -0.05) is 30.3 Å². The predicted octanol–water partition coefficient (Wildman–Crippen LogP) is 1.97. The Kier molecular flexibility index (Phi) is 4.91. The molecule has 19 heavy (non-hydrogen) atoms. The molecule has 0 bridgehead atoms. The number of carbonyl (C=O) groups excluding carboxylic acids is 2. The van der Waals surface area contributed by atoms with E-state index >= 15 is 0 Å². The highest BCUT2D eigenvalue weighted by Crippen LogP contribution is 2.21. The van der Waals surface area contributed by atoms with Gasteiger partial charge in [0.05, 0.1) is 7.11 Å². The van der Waals surface area contributed by atoms with Crippen LogP contribution in [0.2, 0.25) is 0 Å². The summed E-state index contributed by atoms with van der Waals surface area (Å²) in [6, 6.07) is 6.64. The second-order valence-corrected chi connectivity index (χ2v) is 3.73. The summed E-state index contributed by atoms with van der Waals surface area (Å²) in [7, 11) is 1.09. The first-order valence-corrected chi connectivity index (χ1v) is 5.32. The third-order valence-electron chi connectivity index (χ3n) is 2.24. The van der Waals surface area contributed by atoms with Crippen molar-refractivity contribution in [3.05, 3.63) is 35.9 Å². The maximum atomic E-state index is 12.1. The summed E-state index contributed by atoms with van der Waals surface area (Å²) in [4.78, 5) is 22.7. The third-order valence-corrected chi connectivity index (χ3v) is 2.24. The third kappa shape index (κ3) is 4.99. The second kappa shape index (κ2) is 6.21. The first kappa shape index (κ1) is 15.0. The zero-order valence-electron chi connectivity index (χ0n) is 10.0. The minimum atomic E-state index is -4.62. The Hall–Kier alpha value is -2.05. The Morgan fingerprint density at radius 1 is 1.26 bits per heavy atom. The van der Waals surface area contributed by atoms with Crippen LogP contribution in [0.25, 0.3) is 0 Å². The number of benzene rings is 1. The first-order chi connectivity index (χ1) is 8.83. The van der Waals surface area contributed by atoms with Crippen molar-refractivity contribution < 1.29 is 27.5 Å². The highest BCUT2D eigenvalue weighted by atomic mass is 19.4. The molecule has 0 saturated carbocycles. The van der Waals surface area contributed by atoms with Gasteiger partial charge in [0.1, 0.15) is 6.42 Å². The van der Waals surface area contributed by atoms with Crippen LogP contribution in [0.3, 0.4) is 0 Å². The zero-order valence-corrected chi connectivity index (χ0v) is 10.0. The van der Waals surface area contributed by atoms with Gasteiger partial charge in [-0.3, -0.25) is 4.79 Å². The number of nitrogens with one attached hydrogen (secondary N) is 1. The molecule has 104 valence electrons. The Labute approximate surface area is 107 Å². The molecule has 1 N–H and O–H groups in total. The van der Waals surface area contributed by atoms with Gasteiger partial charge in [-0.2, -0.15) is 13.2 Å². The van der Waals surface area contributed by atoms with Crippen LogP contribution in [0, 0.1) is 0 Å². The van der Waals surface area contributed by atoms with Crippen molar-refractivity contribution in [1.29, 1.82) is 0 Å². The minimum absolute atomic E-state index is 0.352. The molecule has 0 spiro atoms. The monoisotopic (exact) mass is 275 g/mol. The quantitative estimate of drug-likeness (QED) is 0.855. The molecule has 1 rings (SSSR count). The summed E-state index contributed by atoms with van der Waals surface area (Å²) in [5.41, 5.74) is 0.352. The number of halogens is 3. The zero-order chi connectivity index (χ0) is 14.5. The number of rotatable bonds is 4. The lowest BCUT2D eigenvalue weighted by atomic mass is 10.1. The Morgan fingerprint density at radius 3 is 2.32 bits per heavy atom. The molecule has 0 aliphatic heterocycles. The Bertz CT molecular complexity index is 445. The molecule has 1 unspecified atom stereocenters. The highest BCUT2D eigenvalue weighted by Gasteiger charge is 2.33. The summed E-state index contributed by atoms with van der Waals surface area (Å²) in [5, 5.41) is 2.01. The fourth-order valence-electron chi connectivity index (χ4n) is 1.44. The molecular weight excluding hydrogens is 263 g/mol. The van der Waals surface area contributed by atoms with Gasteiger partial charge in [0.25, 0.3) is 0 Å². The van der Waals surface area contributed by atoms with Gasteiger partial charge in [0.2, 0.25) is 5.91 Å². The van der Waals surface area contributed by atoms with Gasteiger partial charge < -0.3 is 10.1 Å². The highest BCUT2D eigenvalue weighted by molar-refractivity contribution is 5.85. The number of alkyl halides is 3. The minimum Gasteiger partial charge on any atom is -0.467 e. The van der Waals surface area contributed by atoms with E-state index < -0.39 is 30.5 Å². The molecule has 1 atom stereocenters. The van der Waals surface area contributed by atoms with E-state index in [2.05, 4.69) is 4.74 Å². The summed E-state index contributed by atoms with van der Waals surface area (Å²) >= 11 is 0. The van der Waals surface area contributed by atoms with Crippen molar-refractivity contribution in [2.24, 2.45) is 0 Å². The van der Waals surface area contributed by atoms with E-state index in [1.165, 1.54) is 12.1 Å². The summed E-state index contributed by atoms with van der Waals surface area (Å²) in [6.45, 7) is 0. The lowest BCUT2D eigenvalue weighted by molar-refractivity contribution is -0.157. The molecule has 1 amide bonds. The maximum absolute atomic E-state index is 12.1. The van der Waals surface area contributed by atoms with E-state index in [0.717, 1.165) is 7.11 Å². The van der Waals surface area contributed by atoms with Crippen LogP contribution in [-0.4, -0.2) is 25.2 Å². The first-order valence-electron chi connectivity index (χ1n) is 5.32. The van der Waals surface area contributed by atoms with Gasteiger partial charge in [0.15, 0.2) is 6.04 Å². The van der Waals surface area contributed by atoms with E-state index in [1.807, 2.05) is 5.32 Å². The number of amides is 1. The molecule has 0 aromatic heterocycles. The topological polar surface area (TPSA) is 55.4 Å². The lowest BCUT2D eigenvalue weighted by Gasteiger charge is -2.17. The van der Waals surface area contributed by atoms with E-state index in [4.69, 9.17) is 0 Å². The van der Waals surface area contributed by atoms with Gasteiger partial charge in [-0.05, 0) is 5.56 Å². The average molecular weight is 275 g/mol. The fraction of sp³-hybridized carbons (Fsp3) is 0.333. The van der Waals surface area contributed by atoms with E-state index in [0.29, 0.717) is 5.56 Å². The van der Waals surface area contributed by atoms with Crippen LogP contribution in [0.1, 0.15) is 18.0 Å². The van der Waals surface area contributed by atoms with Crippen LogP contribution < -0.4 is 5.32 Å². The van der Waals surface area contributed by atoms with Crippen molar-refractivity contribution >= 4 is 11.9 Å². The summed E-state index contributed by atoms with van der Waals surface area (Å²) in [6.07, 6.45) is -6.27. The Balaban J connectivity index is 2.83. The molecule has 0 fully saturated rings. The number of carbonyl (C=O) groups is 2. The Morgan fingerprint density at radius 2 is 1.84 bits per heavy atom. The molecule has 0 aliphatic carbocycles. The van der Waals surface area contributed by atoms with Crippen LogP contribution in [0.15, 0.2) is 30.3 Å². The standard InChI is InChI=1S/C12H12F3NO3/c1-19-11(18)10(8-5-3-2-4-6-8)16-9(17)7-12(13,14)15/h2-6,10H,7H2,1H3,(H,16,17). The van der Waals surface area contributed by atoms with E-state index in [9.17, 15) is 22.8 Å². The molecule has 0 radical (unpaired) electrons. The van der Waals surface area contributed by atoms with Gasteiger partial charge in [-0.25, -0.2) is 4.79 Å². The lowest BCUT2D eigenvalue weighted by Crippen LogP contribution is -2.36. The molecule has 0 heterocycles. The normalized spacial score (nSPS) is 12.6. The largest absolute Gasteiger partial charge is 0.467 e. The molecule has 0 saturated heterocycles. The van der Waals surface area contributed by atoms with Crippen molar-refractivity contribution in [3.8, 4) is 0 Å². The predicted molar refractivity (Wildman–Crippen MR) is 60.0 cm³/mol. The number of methoxy groups -OCH3 is 1. The molecule has 4 nitrogen and oxygen atoms in total. The maximum Gasteiger partial charge on any atom is 0.397 e. The van der Waals surface area contributed by atoms with Crippen LogP contribution in [0.4, 0.5) is 13.2 Å². The van der Waals surface area contributed by atoms with Crippen molar-refractivity contribution in [3.63, 3.8) is 0 Å². The van der Waals surface area contributed by atoms with E-state index in [1.54, 1.807) is 18.2 Å².